The molecule has 0 aromatic carbocycles. The van der Waals surface area contributed by atoms with E-state index >= 15 is 0 Å². The Morgan fingerprint density at radius 3 is 2.04 bits per heavy atom. The Bertz CT molecular complexity index is 1160. The lowest BCUT2D eigenvalue weighted by Crippen LogP contribution is -2.29. The molecular formula is C41H69O11P. The number of rotatable bonds is 31. The molecule has 0 aliphatic heterocycles. The molecule has 12 heteroatoms. The van der Waals surface area contributed by atoms with Gasteiger partial charge in [-0.2, -0.15) is 0 Å². The number of esters is 2. The number of hydrogen-bond donors (Lipinski definition) is 5. The molecule has 0 amide bonds. The lowest BCUT2D eigenvalue weighted by Gasteiger charge is -2.19. The lowest BCUT2D eigenvalue weighted by molar-refractivity contribution is -0.160. The van der Waals surface area contributed by atoms with E-state index in [1.807, 2.05) is 0 Å². The van der Waals surface area contributed by atoms with Crippen LogP contribution in [0, 0.1) is 11.8 Å². The maximum Gasteiger partial charge on any atom is 0.469 e. The zero-order valence-corrected chi connectivity index (χ0v) is 33.1. The topological polar surface area (TPSA) is 180 Å². The van der Waals surface area contributed by atoms with Crippen molar-refractivity contribution in [2.45, 2.75) is 160 Å². The summed E-state index contributed by atoms with van der Waals surface area (Å²) in [5.41, 5.74) is 0. The summed E-state index contributed by atoms with van der Waals surface area (Å²) in [4.78, 5) is 43.0. The Kier molecular flexibility index (Phi) is 28.4. The van der Waals surface area contributed by atoms with Gasteiger partial charge in [-0.3, -0.25) is 14.1 Å². The SMILES string of the molecule is CCCCC/C=C\C/C=C\C/C=C\CCCCCCC(=O)O[C@H](COC(=O)C/C=C\C[C@H]1[C@@H](/C=C/[C@H](O)CCCCC)[C@H](O)C[C@@H]1O)COP(=O)(O)O. The van der Waals surface area contributed by atoms with E-state index in [-0.39, 0.29) is 31.1 Å². The summed E-state index contributed by atoms with van der Waals surface area (Å²) in [5, 5.41) is 31.1. The summed E-state index contributed by atoms with van der Waals surface area (Å²) < 4.78 is 26.3. The van der Waals surface area contributed by atoms with Crippen LogP contribution in [0.15, 0.2) is 60.8 Å². The molecule has 53 heavy (non-hydrogen) atoms. The summed E-state index contributed by atoms with van der Waals surface area (Å²) in [6, 6.07) is 0. The number of allylic oxidation sites excluding steroid dienone is 7. The van der Waals surface area contributed by atoms with Gasteiger partial charge in [0.15, 0.2) is 6.10 Å². The number of unbranched alkanes of at least 4 members (excludes halogenated alkanes) is 9. The van der Waals surface area contributed by atoms with E-state index in [1.165, 1.54) is 19.3 Å². The van der Waals surface area contributed by atoms with Crippen molar-refractivity contribution in [1.82, 2.24) is 0 Å². The van der Waals surface area contributed by atoms with Gasteiger partial charge in [0.05, 0.1) is 31.3 Å². The van der Waals surface area contributed by atoms with E-state index in [4.69, 9.17) is 19.3 Å². The third-order valence-electron chi connectivity index (χ3n) is 9.11. The Labute approximate surface area is 318 Å². The number of carbonyl (C=O) groups excluding carboxylic acids is 2. The number of phosphoric ester groups is 1. The van der Waals surface area contributed by atoms with E-state index in [9.17, 15) is 29.5 Å². The average Bonchev–Trinajstić information content (AvgIpc) is 3.38. The molecule has 6 atom stereocenters. The Morgan fingerprint density at radius 1 is 0.755 bits per heavy atom. The summed E-state index contributed by atoms with van der Waals surface area (Å²) in [7, 11) is -4.84. The number of hydrogen-bond acceptors (Lipinski definition) is 9. The number of aliphatic hydroxyl groups excluding tert-OH is 3. The smallest absolute Gasteiger partial charge is 0.461 e. The molecule has 304 valence electrons. The summed E-state index contributed by atoms with van der Waals surface area (Å²) in [6.45, 7) is 3.23. The van der Waals surface area contributed by atoms with Gasteiger partial charge in [0, 0.05) is 18.8 Å². The van der Waals surface area contributed by atoms with Crippen molar-refractivity contribution < 1.29 is 53.3 Å². The Morgan fingerprint density at radius 2 is 1.38 bits per heavy atom. The van der Waals surface area contributed by atoms with Gasteiger partial charge in [-0.05, 0) is 63.7 Å². The minimum Gasteiger partial charge on any atom is -0.461 e. The van der Waals surface area contributed by atoms with Crippen LogP contribution in [0.3, 0.4) is 0 Å². The van der Waals surface area contributed by atoms with Gasteiger partial charge < -0.3 is 34.6 Å². The van der Waals surface area contributed by atoms with Crippen LogP contribution in [-0.2, 0) is 28.2 Å². The highest BCUT2D eigenvalue weighted by Gasteiger charge is 2.39. The van der Waals surface area contributed by atoms with E-state index in [1.54, 1.807) is 24.3 Å². The molecule has 0 aromatic heterocycles. The van der Waals surface area contributed by atoms with Gasteiger partial charge in [-0.25, -0.2) is 4.57 Å². The second kappa shape index (κ2) is 30.9. The molecule has 0 unspecified atom stereocenters. The molecule has 0 radical (unpaired) electrons. The second-order valence-electron chi connectivity index (χ2n) is 13.9. The standard InChI is InChI=1S/C41H69O11P/c1-3-5-7-8-9-10-11-12-13-14-15-16-17-18-19-20-22-28-41(46)52-35(33-51-53(47,48)49)32-50-40(45)27-24-23-26-36-37(39(44)31-38(36)43)30-29-34(42)25-21-6-4-2/h9-10,12-13,15-16,23-24,29-30,34-39,42-44H,3-8,11,14,17-22,25-28,31-33H2,1-2H3,(H2,47,48,49)/b10-9-,13-12-,16-15-,24-23-,30-29+/t34-,35-,36+,37-,38+,39-/m1/s1. The maximum absolute atomic E-state index is 12.4. The molecule has 1 aliphatic rings. The fourth-order valence-electron chi connectivity index (χ4n) is 6.06. The van der Waals surface area contributed by atoms with Gasteiger partial charge in [-0.1, -0.05) is 120 Å². The van der Waals surface area contributed by atoms with Crippen LogP contribution < -0.4 is 0 Å². The van der Waals surface area contributed by atoms with Crippen LogP contribution in [-0.4, -0.2) is 74.7 Å². The van der Waals surface area contributed by atoms with Gasteiger partial charge in [0.25, 0.3) is 0 Å². The van der Waals surface area contributed by atoms with Gasteiger partial charge in [0.1, 0.15) is 6.61 Å². The maximum atomic E-state index is 12.4. The highest BCUT2D eigenvalue weighted by atomic mass is 31.2. The monoisotopic (exact) mass is 768 g/mol. The van der Waals surface area contributed by atoms with Crippen molar-refractivity contribution in [3.8, 4) is 0 Å². The molecule has 0 aromatic rings. The molecule has 11 nitrogen and oxygen atoms in total. The largest absolute Gasteiger partial charge is 0.469 e. The van der Waals surface area contributed by atoms with Crippen LogP contribution in [0.25, 0.3) is 0 Å². The van der Waals surface area contributed by atoms with Gasteiger partial charge in [0.2, 0.25) is 0 Å². The summed E-state index contributed by atoms with van der Waals surface area (Å²) in [6.07, 6.45) is 32.1. The molecular weight excluding hydrogens is 699 g/mol. The van der Waals surface area contributed by atoms with Crippen molar-refractivity contribution in [3.05, 3.63) is 60.8 Å². The molecule has 1 rings (SSSR count). The predicted molar refractivity (Wildman–Crippen MR) is 209 cm³/mol. The predicted octanol–water partition coefficient (Wildman–Crippen LogP) is 8.11. The number of aliphatic hydroxyl groups is 3. The first-order valence-corrected chi connectivity index (χ1v) is 21.4. The third-order valence-corrected chi connectivity index (χ3v) is 9.60. The lowest BCUT2D eigenvalue weighted by atomic mass is 9.89. The zero-order valence-electron chi connectivity index (χ0n) is 32.2. The summed E-state index contributed by atoms with van der Waals surface area (Å²) in [5.74, 6) is -1.83. The normalized spacial score (nSPS) is 20.8. The molecule has 0 saturated heterocycles. The second-order valence-corrected chi connectivity index (χ2v) is 15.1. The van der Waals surface area contributed by atoms with Crippen LogP contribution >= 0.6 is 7.82 Å². The van der Waals surface area contributed by atoms with Crippen molar-refractivity contribution in [2.75, 3.05) is 13.2 Å². The van der Waals surface area contributed by atoms with E-state index in [0.717, 1.165) is 64.2 Å². The zero-order chi connectivity index (χ0) is 39.2. The van der Waals surface area contributed by atoms with Crippen molar-refractivity contribution >= 4 is 19.8 Å². The first-order chi connectivity index (χ1) is 25.5. The van der Waals surface area contributed by atoms with Crippen molar-refractivity contribution in [2.24, 2.45) is 11.8 Å². The quantitative estimate of drug-likeness (QED) is 0.0199. The van der Waals surface area contributed by atoms with E-state index < -0.39 is 57.4 Å². The first kappa shape index (κ1) is 48.6. The highest BCUT2D eigenvalue weighted by Crippen LogP contribution is 2.37. The van der Waals surface area contributed by atoms with Crippen LogP contribution in [0.5, 0.6) is 0 Å². The minimum absolute atomic E-state index is 0.118. The fraction of sp³-hybridized carbons (Fsp3) is 0.707. The van der Waals surface area contributed by atoms with Gasteiger partial charge in [-0.15, -0.1) is 0 Å². The molecule has 1 aliphatic carbocycles. The number of ether oxygens (including phenoxy) is 2. The van der Waals surface area contributed by atoms with E-state index in [2.05, 4.69) is 54.8 Å². The minimum atomic E-state index is -4.84. The van der Waals surface area contributed by atoms with Crippen LogP contribution in [0.2, 0.25) is 0 Å². The Balaban J connectivity index is 2.38. The Hall–Kier alpha value is -2.37. The number of carbonyl (C=O) groups is 2. The van der Waals surface area contributed by atoms with Crippen LogP contribution in [0.1, 0.15) is 136 Å². The molecule has 1 saturated carbocycles. The molecule has 5 N–H and O–H groups in total. The molecule has 0 bridgehead atoms. The average molecular weight is 769 g/mol. The highest BCUT2D eigenvalue weighted by molar-refractivity contribution is 7.46. The molecule has 0 spiro atoms. The molecule has 1 fully saturated rings. The van der Waals surface area contributed by atoms with Gasteiger partial charge >= 0.3 is 19.8 Å². The van der Waals surface area contributed by atoms with Crippen molar-refractivity contribution in [3.63, 3.8) is 0 Å². The fourth-order valence-corrected chi connectivity index (χ4v) is 6.42. The van der Waals surface area contributed by atoms with Crippen LogP contribution in [0.4, 0.5) is 0 Å². The number of phosphoric acid groups is 1. The van der Waals surface area contributed by atoms with E-state index in [0.29, 0.717) is 19.3 Å². The first-order valence-electron chi connectivity index (χ1n) is 19.8. The molecule has 0 heterocycles. The summed E-state index contributed by atoms with van der Waals surface area (Å²) >= 11 is 0. The third kappa shape index (κ3) is 27.0. The van der Waals surface area contributed by atoms with Crippen molar-refractivity contribution in [1.29, 1.82) is 0 Å².